The van der Waals surface area contributed by atoms with Crippen LogP contribution in [0.3, 0.4) is 0 Å². The third kappa shape index (κ3) is 4.01. The molecule has 0 spiro atoms. The molecule has 1 aromatic heterocycles. The molecule has 1 heterocycles. The van der Waals surface area contributed by atoms with E-state index in [0.717, 1.165) is 12.8 Å². The lowest BCUT2D eigenvalue weighted by Gasteiger charge is -2.15. The minimum absolute atomic E-state index is 0.0413. The van der Waals surface area contributed by atoms with Crippen LogP contribution in [-0.4, -0.2) is 22.8 Å². The predicted octanol–water partition coefficient (Wildman–Crippen LogP) is 2.00. The number of thiocarbonyl (C=S) groups is 1. The Morgan fingerprint density at radius 3 is 2.45 bits per heavy atom. The molecule has 2 rings (SSSR count). The van der Waals surface area contributed by atoms with Crippen LogP contribution in [0.25, 0.3) is 0 Å². The van der Waals surface area contributed by atoms with Gasteiger partial charge in [-0.05, 0) is 44.1 Å². The van der Waals surface area contributed by atoms with Crippen molar-refractivity contribution in [3.63, 3.8) is 0 Å². The number of Topliss-reactive ketones (excluding diaryl/α,β-unsaturated/α-hetero) is 1. The monoisotopic (exact) mass is 311 g/mol. The summed E-state index contributed by atoms with van der Waals surface area (Å²) in [5.41, 5.74) is 5.22. The van der Waals surface area contributed by atoms with Gasteiger partial charge in [-0.2, -0.15) is 0 Å². The van der Waals surface area contributed by atoms with Crippen molar-refractivity contribution in [2.75, 3.05) is 0 Å². The van der Waals surface area contributed by atoms with Gasteiger partial charge in [0, 0.05) is 6.04 Å². The van der Waals surface area contributed by atoms with Crippen molar-refractivity contribution in [2.45, 2.75) is 38.6 Å². The average Bonchev–Trinajstić information content (AvgIpc) is 3.06. The molecule has 1 aliphatic carbocycles. The molecule has 7 heteroatoms. The molecule has 20 heavy (non-hydrogen) atoms. The van der Waals surface area contributed by atoms with Gasteiger partial charge in [0.1, 0.15) is 0 Å². The Morgan fingerprint density at radius 1 is 1.20 bits per heavy atom. The van der Waals surface area contributed by atoms with Gasteiger partial charge in [0.05, 0.1) is 9.75 Å². The summed E-state index contributed by atoms with van der Waals surface area (Å²) in [6.45, 7) is 1.48. The molecular formula is C13H17N3O2S2. The Kier molecular flexibility index (Phi) is 5.08. The zero-order valence-electron chi connectivity index (χ0n) is 11.2. The van der Waals surface area contributed by atoms with Crippen LogP contribution < -0.4 is 16.2 Å². The molecule has 108 valence electrons. The van der Waals surface area contributed by atoms with Gasteiger partial charge < -0.3 is 5.32 Å². The number of carbonyl (C=O) groups excluding carboxylic acids is 2. The van der Waals surface area contributed by atoms with Gasteiger partial charge in [0.15, 0.2) is 10.9 Å². The van der Waals surface area contributed by atoms with Gasteiger partial charge in [-0.1, -0.05) is 12.8 Å². The smallest absolute Gasteiger partial charge is 0.279 e. The molecule has 1 fully saturated rings. The number of thiophene rings is 1. The van der Waals surface area contributed by atoms with Crippen molar-refractivity contribution >= 4 is 40.4 Å². The standard InChI is InChI=1S/C13H17N3O2S2/c1-8(17)10-6-7-11(20-10)12(18)15-16-13(19)14-9-4-2-3-5-9/h6-7,9H,2-5H2,1H3,(H,15,18)(H2,14,16,19). The molecule has 1 amide bonds. The number of hydrogen-bond donors (Lipinski definition) is 3. The van der Waals surface area contributed by atoms with E-state index >= 15 is 0 Å². The fraction of sp³-hybridized carbons (Fsp3) is 0.462. The summed E-state index contributed by atoms with van der Waals surface area (Å²) in [4.78, 5) is 24.1. The summed E-state index contributed by atoms with van der Waals surface area (Å²) in [7, 11) is 0. The second-order valence-corrected chi connectivity index (χ2v) is 6.25. The van der Waals surface area contributed by atoms with E-state index in [1.807, 2.05) is 0 Å². The zero-order valence-corrected chi connectivity index (χ0v) is 12.8. The highest BCUT2D eigenvalue weighted by Crippen LogP contribution is 2.17. The second kappa shape index (κ2) is 6.81. The number of rotatable bonds is 3. The Morgan fingerprint density at radius 2 is 1.85 bits per heavy atom. The van der Waals surface area contributed by atoms with Crippen molar-refractivity contribution in [2.24, 2.45) is 0 Å². The summed E-state index contributed by atoms with van der Waals surface area (Å²) in [6.07, 6.45) is 4.66. The van der Waals surface area contributed by atoms with Gasteiger partial charge >= 0.3 is 0 Å². The van der Waals surface area contributed by atoms with Crippen LogP contribution in [0.1, 0.15) is 52.0 Å². The van der Waals surface area contributed by atoms with Crippen molar-refractivity contribution in [1.29, 1.82) is 0 Å². The molecule has 5 nitrogen and oxygen atoms in total. The molecule has 0 radical (unpaired) electrons. The van der Waals surface area contributed by atoms with Crippen LogP contribution in [0.2, 0.25) is 0 Å². The van der Waals surface area contributed by atoms with Gasteiger partial charge in [-0.15, -0.1) is 11.3 Å². The summed E-state index contributed by atoms with van der Waals surface area (Å²) in [5.74, 6) is -0.335. The second-order valence-electron chi connectivity index (χ2n) is 4.75. The lowest BCUT2D eigenvalue weighted by atomic mass is 10.3. The number of hydrazine groups is 1. The van der Waals surface area contributed by atoms with Crippen molar-refractivity contribution in [3.05, 3.63) is 21.9 Å². The molecule has 1 saturated carbocycles. The van der Waals surface area contributed by atoms with Crippen LogP contribution in [-0.2, 0) is 0 Å². The molecule has 0 aromatic carbocycles. The van der Waals surface area contributed by atoms with Crippen LogP contribution in [0.5, 0.6) is 0 Å². The van der Waals surface area contributed by atoms with Gasteiger partial charge in [0.25, 0.3) is 5.91 Å². The van der Waals surface area contributed by atoms with Gasteiger partial charge in [-0.25, -0.2) is 0 Å². The van der Waals surface area contributed by atoms with Gasteiger partial charge in [0.2, 0.25) is 0 Å². The summed E-state index contributed by atoms with van der Waals surface area (Å²) in [5, 5.41) is 3.59. The molecule has 0 bridgehead atoms. The molecule has 3 N–H and O–H groups in total. The molecule has 1 aliphatic rings. The van der Waals surface area contributed by atoms with E-state index in [9.17, 15) is 9.59 Å². The fourth-order valence-electron chi connectivity index (χ4n) is 2.12. The topological polar surface area (TPSA) is 70.2 Å². The minimum Gasteiger partial charge on any atom is -0.359 e. The average molecular weight is 311 g/mol. The number of ketones is 1. The van der Waals surface area contributed by atoms with E-state index in [1.54, 1.807) is 12.1 Å². The first-order valence-corrected chi connectivity index (χ1v) is 7.76. The quantitative estimate of drug-likeness (QED) is 0.452. The number of nitrogens with one attached hydrogen (secondary N) is 3. The molecule has 1 aromatic rings. The number of carbonyl (C=O) groups is 2. The van der Waals surface area contributed by atoms with Crippen LogP contribution in [0.4, 0.5) is 0 Å². The Labute approximate surface area is 127 Å². The first kappa shape index (κ1) is 14.9. The molecule has 0 aliphatic heterocycles. The maximum atomic E-state index is 11.9. The van der Waals surface area contributed by atoms with E-state index in [0.29, 0.717) is 20.9 Å². The zero-order chi connectivity index (χ0) is 14.5. The molecular weight excluding hydrogens is 294 g/mol. The van der Waals surface area contributed by atoms with Crippen molar-refractivity contribution < 1.29 is 9.59 Å². The highest BCUT2D eigenvalue weighted by atomic mass is 32.1. The number of amides is 1. The van der Waals surface area contributed by atoms with E-state index in [2.05, 4.69) is 16.2 Å². The SMILES string of the molecule is CC(=O)c1ccc(C(=O)NNC(=S)NC2CCCC2)s1. The normalized spacial score (nSPS) is 14.8. The first-order chi connectivity index (χ1) is 9.56. The minimum atomic E-state index is -0.293. The third-order valence-electron chi connectivity index (χ3n) is 3.16. The Bertz CT molecular complexity index is 521. The lowest BCUT2D eigenvalue weighted by Crippen LogP contribution is -2.49. The maximum absolute atomic E-state index is 11.9. The summed E-state index contributed by atoms with van der Waals surface area (Å²) in [6, 6.07) is 3.68. The summed E-state index contributed by atoms with van der Waals surface area (Å²) >= 11 is 6.29. The van der Waals surface area contributed by atoms with Gasteiger partial charge in [-0.3, -0.25) is 20.4 Å². The Hall–Kier alpha value is -1.47. The van der Waals surface area contributed by atoms with Crippen LogP contribution in [0.15, 0.2) is 12.1 Å². The largest absolute Gasteiger partial charge is 0.359 e. The van der Waals surface area contributed by atoms with Crippen LogP contribution >= 0.6 is 23.6 Å². The van der Waals surface area contributed by atoms with E-state index < -0.39 is 0 Å². The Balaban J connectivity index is 1.78. The maximum Gasteiger partial charge on any atom is 0.279 e. The van der Waals surface area contributed by atoms with E-state index in [-0.39, 0.29) is 11.7 Å². The van der Waals surface area contributed by atoms with Crippen LogP contribution in [0, 0.1) is 0 Å². The van der Waals surface area contributed by atoms with E-state index in [4.69, 9.17) is 12.2 Å². The predicted molar refractivity (Wildman–Crippen MR) is 82.9 cm³/mol. The highest BCUT2D eigenvalue weighted by Gasteiger charge is 2.16. The van der Waals surface area contributed by atoms with Crippen molar-refractivity contribution in [3.8, 4) is 0 Å². The first-order valence-electron chi connectivity index (χ1n) is 6.54. The molecule has 0 atom stereocenters. The molecule has 0 unspecified atom stereocenters. The van der Waals surface area contributed by atoms with E-state index in [1.165, 1.54) is 31.1 Å². The highest BCUT2D eigenvalue weighted by molar-refractivity contribution is 7.80. The van der Waals surface area contributed by atoms with Crippen molar-refractivity contribution in [1.82, 2.24) is 16.2 Å². The summed E-state index contributed by atoms with van der Waals surface area (Å²) < 4.78 is 0. The fourth-order valence-corrected chi connectivity index (χ4v) is 3.13. The third-order valence-corrected chi connectivity index (χ3v) is 4.56. The number of hydrogen-bond acceptors (Lipinski definition) is 4. The molecule has 0 saturated heterocycles. The lowest BCUT2D eigenvalue weighted by molar-refractivity contribution is 0.0947.